The fourth-order valence-corrected chi connectivity index (χ4v) is 2.15. The van der Waals surface area contributed by atoms with E-state index in [9.17, 15) is 0 Å². The molecule has 70 valence electrons. The molecule has 2 aliphatic rings. The fourth-order valence-electron chi connectivity index (χ4n) is 2.15. The second-order valence-electron chi connectivity index (χ2n) is 3.79. The molecule has 0 radical (unpaired) electrons. The molecule has 0 aliphatic carbocycles. The van der Waals surface area contributed by atoms with Gasteiger partial charge in [0.1, 0.15) is 5.72 Å². The van der Waals surface area contributed by atoms with Gasteiger partial charge in [-0.3, -0.25) is 10.7 Å². The first-order valence-electron chi connectivity index (χ1n) is 4.58. The highest BCUT2D eigenvalue weighted by molar-refractivity contribution is 4.89. The Morgan fingerprint density at radius 2 is 2.25 bits per heavy atom. The van der Waals surface area contributed by atoms with E-state index in [-0.39, 0.29) is 5.72 Å². The third-order valence-corrected chi connectivity index (χ3v) is 2.96. The van der Waals surface area contributed by atoms with E-state index < -0.39 is 0 Å². The number of likely N-dealkylation sites (N-methyl/N-ethyl adjacent to an activating group) is 1. The van der Waals surface area contributed by atoms with E-state index >= 15 is 0 Å². The Morgan fingerprint density at radius 3 is 2.83 bits per heavy atom. The summed E-state index contributed by atoms with van der Waals surface area (Å²) in [4.78, 5) is 2.28. The largest absolute Gasteiger partial charge is 0.358 e. The molecule has 4 heteroatoms. The maximum absolute atomic E-state index is 5.78. The Bertz CT molecular complexity index is 176. The zero-order valence-electron chi connectivity index (χ0n) is 7.62. The van der Waals surface area contributed by atoms with Gasteiger partial charge in [0.15, 0.2) is 0 Å². The minimum Gasteiger partial charge on any atom is -0.358 e. The van der Waals surface area contributed by atoms with E-state index in [0.29, 0.717) is 0 Å². The maximum Gasteiger partial charge on any atom is 0.135 e. The summed E-state index contributed by atoms with van der Waals surface area (Å²) in [7, 11) is 2.12. The van der Waals surface area contributed by atoms with Crippen LogP contribution in [0.2, 0.25) is 0 Å². The molecule has 2 saturated heterocycles. The Labute approximate surface area is 73.2 Å². The number of hydrazine groups is 1. The lowest BCUT2D eigenvalue weighted by atomic mass is 10.0. The highest BCUT2D eigenvalue weighted by Crippen LogP contribution is 2.30. The summed E-state index contributed by atoms with van der Waals surface area (Å²) in [6.07, 6.45) is 2.26. The maximum atomic E-state index is 5.78. The minimum atomic E-state index is -0.0625. The van der Waals surface area contributed by atoms with E-state index in [1.54, 1.807) is 0 Å². The van der Waals surface area contributed by atoms with Crippen molar-refractivity contribution in [2.24, 2.45) is 5.84 Å². The van der Waals surface area contributed by atoms with Crippen LogP contribution >= 0.6 is 0 Å². The number of nitrogens with two attached hydrogens (primary N) is 1. The Hall–Kier alpha value is -0.160. The molecule has 2 aliphatic heterocycles. The standard InChI is InChI=1S/C8H17N3O/c1-10-5-6-12-8(10)3-2-4-11(9)7-8/h2-7,9H2,1H3. The first-order chi connectivity index (χ1) is 5.73. The lowest BCUT2D eigenvalue weighted by Crippen LogP contribution is -2.57. The average molecular weight is 171 g/mol. The molecule has 2 rings (SSSR count). The van der Waals surface area contributed by atoms with Crippen LogP contribution in [0.25, 0.3) is 0 Å². The first kappa shape index (κ1) is 8.44. The molecular formula is C8H17N3O. The molecule has 0 amide bonds. The van der Waals surface area contributed by atoms with Crippen molar-refractivity contribution in [2.45, 2.75) is 18.6 Å². The van der Waals surface area contributed by atoms with E-state index in [2.05, 4.69) is 11.9 Å². The van der Waals surface area contributed by atoms with Gasteiger partial charge in [0.2, 0.25) is 0 Å². The monoisotopic (exact) mass is 171 g/mol. The fraction of sp³-hybridized carbons (Fsp3) is 1.00. The summed E-state index contributed by atoms with van der Waals surface area (Å²) < 4.78 is 5.77. The van der Waals surface area contributed by atoms with Gasteiger partial charge in [-0.1, -0.05) is 0 Å². The van der Waals surface area contributed by atoms with E-state index in [0.717, 1.165) is 39.1 Å². The van der Waals surface area contributed by atoms with Crippen LogP contribution in [-0.4, -0.2) is 48.9 Å². The van der Waals surface area contributed by atoms with Crippen molar-refractivity contribution in [3.8, 4) is 0 Å². The topological polar surface area (TPSA) is 41.7 Å². The van der Waals surface area contributed by atoms with Crippen molar-refractivity contribution in [3.63, 3.8) is 0 Å². The van der Waals surface area contributed by atoms with Crippen LogP contribution in [0.5, 0.6) is 0 Å². The van der Waals surface area contributed by atoms with Crippen molar-refractivity contribution in [1.82, 2.24) is 9.91 Å². The third kappa shape index (κ3) is 1.25. The average Bonchev–Trinajstić information content (AvgIpc) is 2.33. The van der Waals surface area contributed by atoms with E-state index in [4.69, 9.17) is 10.6 Å². The van der Waals surface area contributed by atoms with Crippen LogP contribution in [0.4, 0.5) is 0 Å². The second kappa shape index (κ2) is 2.96. The first-order valence-corrected chi connectivity index (χ1v) is 4.58. The van der Waals surface area contributed by atoms with Gasteiger partial charge in [0, 0.05) is 13.1 Å². The highest BCUT2D eigenvalue weighted by atomic mass is 16.5. The van der Waals surface area contributed by atoms with Crippen molar-refractivity contribution < 1.29 is 4.74 Å². The van der Waals surface area contributed by atoms with Gasteiger partial charge in [0.25, 0.3) is 0 Å². The Kier molecular flexibility index (Phi) is 2.08. The molecule has 2 heterocycles. The zero-order valence-corrected chi connectivity index (χ0v) is 7.62. The number of ether oxygens (including phenoxy) is 1. The predicted octanol–water partition coefficient (Wildman–Crippen LogP) is -0.386. The van der Waals surface area contributed by atoms with Gasteiger partial charge in [-0.25, -0.2) is 5.01 Å². The van der Waals surface area contributed by atoms with Crippen LogP contribution in [0.15, 0.2) is 0 Å². The van der Waals surface area contributed by atoms with Gasteiger partial charge < -0.3 is 4.74 Å². The second-order valence-corrected chi connectivity index (χ2v) is 3.79. The number of piperidine rings is 1. The molecule has 0 bridgehead atoms. The summed E-state index contributed by atoms with van der Waals surface area (Å²) >= 11 is 0. The summed E-state index contributed by atoms with van der Waals surface area (Å²) in [5, 5.41) is 1.87. The molecule has 2 fully saturated rings. The lowest BCUT2D eigenvalue weighted by Gasteiger charge is -2.41. The van der Waals surface area contributed by atoms with E-state index in [1.807, 2.05) is 5.01 Å². The van der Waals surface area contributed by atoms with Crippen LogP contribution in [-0.2, 0) is 4.74 Å². The van der Waals surface area contributed by atoms with Gasteiger partial charge in [-0.15, -0.1) is 0 Å². The normalized spacial score (nSPS) is 39.5. The van der Waals surface area contributed by atoms with Crippen molar-refractivity contribution in [2.75, 3.05) is 33.3 Å². The summed E-state index contributed by atoms with van der Waals surface area (Å²) in [5.41, 5.74) is -0.0625. The smallest absolute Gasteiger partial charge is 0.135 e. The molecule has 1 spiro atoms. The number of hydrogen-bond donors (Lipinski definition) is 1. The van der Waals surface area contributed by atoms with Crippen LogP contribution in [0, 0.1) is 0 Å². The molecule has 4 nitrogen and oxygen atoms in total. The molecule has 0 aromatic heterocycles. The van der Waals surface area contributed by atoms with E-state index in [1.165, 1.54) is 0 Å². The van der Waals surface area contributed by atoms with Crippen LogP contribution < -0.4 is 5.84 Å². The summed E-state index contributed by atoms with van der Waals surface area (Å²) in [6, 6.07) is 0. The minimum absolute atomic E-state index is 0.0625. The highest BCUT2D eigenvalue weighted by Gasteiger charge is 2.42. The Morgan fingerprint density at radius 1 is 1.42 bits per heavy atom. The van der Waals surface area contributed by atoms with Gasteiger partial charge in [-0.05, 0) is 19.9 Å². The zero-order chi connectivity index (χ0) is 8.60. The molecule has 1 atom stereocenters. The third-order valence-electron chi connectivity index (χ3n) is 2.96. The van der Waals surface area contributed by atoms with Crippen molar-refractivity contribution in [1.29, 1.82) is 0 Å². The molecular weight excluding hydrogens is 154 g/mol. The number of rotatable bonds is 0. The summed E-state index contributed by atoms with van der Waals surface area (Å²) in [6.45, 7) is 3.74. The summed E-state index contributed by atoms with van der Waals surface area (Å²) in [5.74, 6) is 5.78. The van der Waals surface area contributed by atoms with Crippen molar-refractivity contribution in [3.05, 3.63) is 0 Å². The van der Waals surface area contributed by atoms with Crippen molar-refractivity contribution >= 4 is 0 Å². The predicted molar refractivity (Wildman–Crippen MR) is 46.3 cm³/mol. The van der Waals surface area contributed by atoms with Crippen LogP contribution in [0.3, 0.4) is 0 Å². The molecule has 0 aromatic carbocycles. The molecule has 0 aromatic rings. The SMILES string of the molecule is CN1CCOC12CCCN(N)C2. The Balaban J connectivity index is 2.08. The van der Waals surface area contributed by atoms with Gasteiger partial charge >= 0.3 is 0 Å². The molecule has 0 saturated carbocycles. The molecule has 1 unspecified atom stereocenters. The number of hydrogen-bond acceptors (Lipinski definition) is 4. The lowest BCUT2D eigenvalue weighted by molar-refractivity contribution is -0.117. The van der Waals surface area contributed by atoms with Gasteiger partial charge in [0.05, 0.1) is 13.2 Å². The molecule has 12 heavy (non-hydrogen) atoms. The van der Waals surface area contributed by atoms with Crippen LogP contribution in [0.1, 0.15) is 12.8 Å². The quantitative estimate of drug-likeness (QED) is 0.504. The van der Waals surface area contributed by atoms with Gasteiger partial charge in [-0.2, -0.15) is 0 Å². The molecule has 2 N–H and O–H groups in total. The number of nitrogens with zero attached hydrogens (tertiary/aromatic N) is 2.